The van der Waals surface area contributed by atoms with Crippen LogP contribution in [0.1, 0.15) is 146 Å². The molecule has 0 saturated carbocycles. The minimum Gasteiger partial charge on any atom is -0.351 e. The predicted molar refractivity (Wildman–Crippen MR) is 295 cm³/mol. The number of hydrogen-bond donors (Lipinski definition) is 8. The van der Waals surface area contributed by atoms with Crippen LogP contribution in [0.3, 0.4) is 0 Å². The Morgan fingerprint density at radius 2 is 1.08 bits per heavy atom. The fraction of sp³-hybridized carbons (Fsp3) is 0.559. The zero-order valence-corrected chi connectivity index (χ0v) is 46.7. The summed E-state index contributed by atoms with van der Waals surface area (Å²) in [6, 6.07) is 15.4. The van der Waals surface area contributed by atoms with E-state index in [1.165, 1.54) is 16.0 Å². The van der Waals surface area contributed by atoms with Gasteiger partial charge in [0.15, 0.2) is 0 Å². The number of anilines is 1. The van der Waals surface area contributed by atoms with Crippen LogP contribution in [0.4, 0.5) is 5.69 Å². The van der Waals surface area contributed by atoms with Crippen molar-refractivity contribution in [3.63, 3.8) is 0 Å². The molecule has 77 heavy (non-hydrogen) atoms. The van der Waals surface area contributed by atoms with Crippen molar-refractivity contribution >= 4 is 52.9 Å². The van der Waals surface area contributed by atoms with Crippen molar-refractivity contribution in [3.05, 3.63) is 100 Å². The SMILES string of the molecule is CN[C@@H](C)C(=O)NC(C(=O)N1Cc2cc(NC(=O)CCC(=O)NC3CC(C(=O)NC4CCCc5ccccc54)N(C(=O)C(NC(=O)[C@H](C)NC)C(C)(C)C)C3)ccc2CC1C(=O)NC1CCCc2ccccc21)C(C)(C)C. The number of carbonyl (C=O) groups is 8. The minimum absolute atomic E-state index is 0.0176. The number of fused-ring (bicyclic) bond motifs is 3. The van der Waals surface area contributed by atoms with Crippen LogP contribution in [0.15, 0.2) is 66.7 Å². The second-order valence-corrected chi connectivity index (χ2v) is 23.7. The van der Waals surface area contributed by atoms with Crippen LogP contribution in [0.5, 0.6) is 0 Å². The summed E-state index contributed by atoms with van der Waals surface area (Å²) in [6.07, 6.45) is 5.11. The number of likely N-dealkylation sites (N-methyl/N-ethyl adjacent to an activating group) is 2. The van der Waals surface area contributed by atoms with Crippen LogP contribution in [-0.2, 0) is 64.2 Å². The van der Waals surface area contributed by atoms with E-state index in [4.69, 9.17) is 0 Å². The third-order valence-electron chi connectivity index (χ3n) is 15.9. The third-order valence-corrected chi connectivity index (χ3v) is 15.9. The molecule has 8 amide bonds. The van der Waals surface area contributed by atoms with Crippen LogP contribution in [0.2, 0.25) is 0 Å². The first-order chi connectivity index (χ1) is 36.5. The van der Waals surface area contributed by atoms with Crippen molar-refractivity contribution in [2.75, 3.05) is 26.0 Å². The molecule has 18 nitrogen and oxygen atoms in total. The number of hydrogen-bond acceptors (Lipinski definition) is 10. The van der Waals surface area contributed by atoms with Crippen LogP contribution in [-0.4, -0.2) is 120 Å². The quantitative estimate of drug-likeness (QED) is 0.0948. The average molecular weight is 1060 g/mol. The van der Waals surface area contributed by atoms with Crippen molar-refractivity contribution < 1.29 is 38.4 Å². The maximum absolute atomic E-state index is 14.9. The van der Waals surface area contributed by atoms with E-state index < -0.39 is 76.8 Å². The second kappa shape index (κ2) is 24.8. The monoisotopic (exact) mass is 1060 g/mol. The van der Waals surface area contributed by atoms with Gasteiger partial charge >= 0.3 is 0 Å². The molecule has 2 heterocycles. The molecule has 4 aliphatic rings. The molecule has 0 aromatic heterocycles. The smallest absolute Gasteiger partial charge is 0.246 e. The van der Waals surface area contributed by atoms with Gasteiger partial charge in [-0.1, -0.05) is 96.1 Å². The lowest BCUT2D eigenvalue weighted by atomic mass is 9.83. The predicted octanol–water partition coefficient (Wildman–Crippen LogP) is 4.41. The van der Waals surface area contributed by atoms with E-state index in [2.05, 4.69) is 54.7 Å². The standard InChI is InChI=1S/C59H82N10O8/c1-34(60-9)52(72)66-50(58(3,4)5)56(76)68-32-39-29-40(26-25-38(39)30-46(68)54(74)64-44-23-15-19-36-17-11-13-21-42(36)44)62-48(70)27-28-49(71)63-41-31-47(55(75)65-45-24-16-20-37-18-12-14-22-43(37)45)69(33-41)57(77)51(59(6,7)8)67-53(73)35(2)61-10/h11-14,17-18,21-22,25-26,29,34-35,41,44-47,50-51,60-61H,15-16,19-20,23-24,27-28,30-33H2,1-10H3,(H,62,70)(H,63,71)(H,64,74)(H,65,75)(H,66,72)(H,67,73)/t34-,35-,41?,44?,45?,46?,47?,50?,51?/m0/s1. The highest BCUT2D eigenvalue weighted by molar-refractivity contribution is 5.97. The van der Waals surface area contributed by atoms with Gasteiger partial charge in [-0.3, -0.25) is 38.4 Å². The van der Waals surface area contributed by atoms with E-state index in [0.717, 1.165) is 60.8 Å². The Morgan fingerprint density at radius 3 is 1.60 bits per heavy atom. The Hall–Kier alpha value is -6.66. The second-order valence-electron chi connectivity index (χ2n) is 23.7. The largest absolute Gasteiger partial charge is 0.351 e. The molecule has 18 heteroatoms. The van der Waals surface area contributed by atoms with E-state index in [-0.39, 0.29) is 74.5 Å². The molecular formula is C59H82N10O8. The number of aryl methyl sites for hydroxylation is 2. The highest BCUT2D eigenvalue weighted by Gasteiger charge is 2.47. The lowest BCUT2D eigenvalue weighted by Gasteiger charge is -2.42. The van der Waals surface area contributed by atoms with E-state index in [9.17, 15) is 38.4 Å². The summed E-state index contributed by atoms with van der Waals surface area (Å²) in [6.45, 7) is 14.6. The van der Waals surface area contributed by atoms with Crippen molar-refractivity contribution in [2.24, 2.45) is 10.8 Å². The summed E-state index contributed by atoms with van der Waals surface area (Å²) in [7, 11) is 3.32. The van der Waals surface area contributed by atoms with Crippen LogP contribution in [0, 0.1) is 10.8 Å². The maximum Gasteiger partial charge on any atom is 0.246 e. The summed E-state index contributed by atoms with van der Waals surface area (Å²) in [5.74, 6) is -3.06. The lowest BCUT2D eigenvalue weighted by Crippen LogP contribution is -2.62. The van der Waals surface area contributed by atoms with Crippen molar-refractivity contribution in [3.8, 4) is 0 Å². The topological polar surface area (TPSA) is 239 Å². The van der Waals surface area contributed by atoms with Gasteiger partial charge in [0.1, 0.15) is 24.2 Å². The van der Waals surface area contributed by atoms with Gasteiger partial charge in [-0.25, -0.2) is 0 Å². The van der Waals surface area contributed by atoms with Gasteiger partial charge in [-0.2, -0.15) is 0 Å². The first-order valence-electron chi connectivity index (χ1n) is 27.5. The fourth-order valence-corrected chi connectivity index (χ4v) is 11.1. The van der Waals surface area contributed by atoms with Gasteiger partial charge in [0.2, 0.25) is 47.3 Å². The van der Waals surface area contributed by atoms with Crippen molar-refractivity contribution in [1.29, 1.82) is 0 Å². The molecule has 0 bridgehead atoms. The molecular weight excluding hydrogens is 977 g/mol. The maximum atomic E-state index is 14.9. The molecule has 0 radical (unpaired) electrons. The summed E-state index contributed by atoms with van der Waals surface area (Å²) >= 11 is 0. The molecule has 8 N–H and O–H groups in total. The number of nitrogens with zero attached hydrogens (tertiary/aromatic N) is 2. The highest BCUT2D eigenvalue weighted by atomic mass is 16.2. The fourth-order valence-electron chi connectivity index (χ4n) is 11.1. The van der Waals surface area contributed by atoms with Gasteiger partial charge in [-0.05, 0) is 129 Å². The zero-order valence-electron chi connectivity index (χ0n) is 46.7. The van der Waals surface area contributed by atoms with Gasteiger partial charge in [0, 0.05) is 44.1 Å². The molecule has 3 aromatic rings. The molecule has 416 valence electrons. The van der Waals surface area contributed by atoms with Gasteiger partial charge in [0.25, 0.3) is 0 Å². The highest BCUT2D eigenvalue weighted by Crippen LogP contribution is 2.35. The Morgan fingerprint density at radius 1 is 0.584 bits per heavy atom. The van der Waals surface area contributed by atoms with Crippen molar-refractivity contribution in [2.45, 2.75) is 181 Å². The molecule has 2 aliphatic heterocycles. The summed E-state index contributed by atoms with van der Waals surface area (Å²) in [4.78, 5) is 115. The average Bonchev–Trinajstić information content (AvgIpc) is 3.83. The molecule has 1 saturated heterocycles. The first-order valence-corrected chi connectivity index (χ1v) is 27.5. The normalized spacial score (nSPS) is 21.6. The summed E-state index contributed by atoms with van der Waals surface area (Å²) in [5, 5.41) is 24.1. The van der Waals surface area contributed by atoms with Gasteiger partial charge < -0.3 is 52.3 Å². The van der Waals surface area contributed by atoms with Crippen molar-refractivity contribution in [1.82, 2.24) is 47.0 Å². The van der Waals surface area contributed by atoms with Crippen LogP contribution in [0.25, 0.3) is 0 Å². The number of benzene rings is 3. The van der Waals surface area contributed by atoms with E-state index >= 15 is 0 Å². The van der Waals surface area contributed by atoms with Gasteiger partial charge in [0.05, 0.1) is 24.2 Å². The van der Waals surface area contributed by atoms with E-state index in [0.29, 0.717) is 5.69 Å². The van der Waals surface area contributed by atoms with E-state index in [1.807, 2.05) is 84.0 Å². The van der Waals surface area contributed by atoms with Gasteiger partial charge in [-0.15, -0.1) is 0 Å². The zero-order chi connectivity index (χ0) is 55.9. The number of likely N-dealkylation sites (tertiary alicyclic amines) is 1. The number of nitrogens with one attached hydrogen (secondary N) is 8. The number of carbonyl (C=O) groups excluding carboxylic acids is 8. The minimum atomic E-state index is -0.979. The molecule has 9 atom stereocenters. The molecule has 7 rings (SSSR count). The molecule has 3 aromatic carbocycles. The first kappa shape index (κ1) is 58.0. The Kier molecular flexibility index (Phi) is 18.7. The number of rotatable bonds is 17. The third kappa shape index (κ3) is 14.1. The molecule has 0 spiro atoms. The Balaban J connectivity index is 1.04. The van der Waals surface area contributed by atoms with Crippen LogP contribution < -0.4 is 42.5 Å². The lowest BCUT2D eigenvalue weighted by molar-refractivity contribution is -0.147. The van der Waals surface area contributed by atoms with E-state index in [1.54, 1.807) is 45.0 Å². The molecule has 7 unspecified atom stereocenters. The van der Waals surface area contributed by atoms with Crippen LogP contribution >= 0.6 is 0 Å². The Bertz CT molecular complexity index is 2700. The Labute approximate surface area is 454 Å². The summed E-state index contributed by atoms with van der Waals surface area (Å²) < 4.78 is 0. The number of amides is 8. The summed E-state index contributed by atoms with van der Waals surface area (Å²) in [5.41, 5.74) is 5.01. The molecule has 2 aliphatic carbocycles. The molecule has 1 fully saturated rings.